The molecule has 4 heterocycles. The predicted molar refractivity (Wildman–Crippen MR) is 181 cm³/mol. The second kappa shape index (κ2) is 12.1. The van der Waals surface area contributed by atoms with E-state index < -0.39 is 17.2 Å². The van der Waals surface area contributed by atoms with Crippen LogP contribution in [0.4, 0.5) is 10.1 Å². The molecule has 1 unspecified atom stereocenters. The molecule has 0 bridgehead atoms. The van der Waals surface area contributed by atoms with Crippen molar-refractivity contribution in [3.8, 4) is 17.2 Å². The van der Waals surface area contributed by atoms with E-state index in [2.05, 4.69) is 28.8 Å². The number of carbonyl (C=O) groups excluding carboxylic acids is 1. The quantitative estimate of drug-likeness (QED) is 0.223. The van der Waals surface area contributed by atoms with E-state index in [1.54, 1.807) is 24.7 Å². The van der Waals surface area contributed by atoms with Crippen LogP contribution in [-0.4, -0.2) is 60.9 Å². The SMILES string of the molecule is C=C/C=N\C=C(/N)C1CCN(c2c(F)cc3c(=O)c(C(=O)NCC[C@@H]4CCCN4C)cn4c3c2Oc2cc3ccccc3cc2-4)C1. The molecule has 10 heteroatoms. The number of rotatable bonds is 8. The van der Waals surface area contributed by atoms with Crippen LogP contribution < -0.4 is 26.1 Å². The Labute approximate surface area is 266 Å². The van der Waals surface area contributed by atoms with Crippen LogP contribution in [0, 0.1) is 11.7 Å². The smallest absolute Gasteiger partial charge is 0.256 e. The van der Waals surface area contributed by atoms with Gasteiger partial charge in [0.2, 0.25) is 5.43 Å². The number of anilines is 1. The van der Waals surface area contributed by atoms with Gasteiger partial charge in [0.1, 0.15) is 16.8 Å². The molecule has 3 aliphatic rings. The molecule has 2 saturated heterocycles. The van der Waals surface area contributed by atoms with E-state index in [9.17, 15) is 9.59 Å². The van der Waals surface area contributed by atoms with E-state index in [-0.39, 0.29) is 28.3 Å². The van der Waals surface area contributed by atoms with Gasteiger partial charge in [0.25, 0.3) is 5.91 Å². The lowest BCUT2D eigenvalue weighted by Crippen LogP contribution is -2.34. The van der Waals surface area contributed by atoms with Crippen molar-refractivity contribution in [3.05, 3.63) is 94.8 Å². The number of pyridine rings is 1. The summed E-state index contributed by atoms with van der Waals surface area (Å²) in [6.07, 6.45) is 10.0. The molecule has 1 aromatic heterocycles. The van der Waals surface area contributed by atoms with Crippen molar-refractivity contribution in [2.24, 2.45) is 16.6 Å². The maximum absolute atomic E-state index is 16.2. The number of carbonyl (C=O) groups is 1. The Kier molecular flexibility index (Phi) is 7.82. The van der Waals surface area contributed by atoms with Crippen molar-refractivity contribution in [3.63, 3.8) is 0 Å². The molecule has 9 nitrogen and oxygen atoms in total. The number of aromatic nitrogens is 1. The number of amides is 1. The number of hydrogen-bond donors (Lipinski definition) is 2. The molecule has 2 atom stereocenters. The molecule has 46 heavy (non-hydrogen) atoms. The highest BCUT2D eigenvalue weighted by Crippen LogP contribution is 2.48. The number of nitrogens with zero attached hydrogens (tertiary/aromatic N) is 4. The van der Waals surface area contributed by atoms with Crippen LogP contribution in [0.15, 0.2) is 83.0 Å². The fraction of sp³-hybridized carbons (Fsp3) is 0.306. The van der Waals surface area contributed by atoms with E-state index in [0.29, 0.717) is 54.7 Å². The van der Waals surface area contributed by atoms with E-state index >= 15 is 4.39 Å². The van der Waals surface area contributed by atoms with Crippen LogP contribution in [0.25, 0.3) is 27.4 Å². The molecule has 1 amide bonds. The fourth-order valence-corrected chi connectivity index (χ4v) is 7.07. The topological polar surface area (TPSA) is 105 Å². The number of ether oxygens (including phenoxy) is 1. The first kappa shape index (κ1) is 29.7. The second-order valence-corrected chi connectivity index (χ2v) is 12.4. The van der Waals surface area contributed by atoms with Crippen LogP contribution in [0.2, 0.25) is 0 Å². The van der Waals surface area contributed by atoms with Gasteiger partial charge in [0.05, 0.1) is 11.1 Å². The molecule has 4 aromatic rings. The number of fused-ring (bicyclic) bond motifs is 3. The lowest BCUT2D eigenvalue weighted by atomic mass is 10.0. The first-order valence-corrected chi connectivity index (χ1v) is 15.8. The molecule has 2 fully saturated rings. The number of likely N-dealkylation sites (tertiary alicyclic amines) is 1. The van der Waals surface area contributed by atoms with Gasteiger partial charge in [-0.1, -0.05) is 36.9 Å². The van der Waals surface area contributed by atoms with Crippen molar-refractivity contribution in [1.29, 1.82) is 0 Å². The summed E-state index contributed by atoms with van der Waals surface area (Å²) in [4.78, 5) is 35.8. The first-order valence-electron chi connectivity index (χ1n) is 15.8. The summed E-state index contributed by atoms with van der Waals surface area (Å²) < 4.78 is 24.6. The van der Waals surface area contributed by atoms with Gasteiger partial charge in [-0.3, -0.25) is 14.6 Å². The van der Waals surface area contributed by atoms with Gasteiger partial charge in [-0.25, -0.2) is 4.39 Å². The summed E-state index contributed by atoms with van der Waals surface area (Å²) in [5.74, 6) is -0.349. The van der Waals surface area contributed by atoms with Gasteiger partial charge in [-0.15, -0.1) is 0 Å². The van der Waals surface area contributed by atoms with Crippen molar-refractivity contribution < 1.29 is 13.9 Å². The normalized spacial score (nSPS) is 19.6. The van der Waals surface area contributed by atoms with Gasteiger partial charge in [0.15, 0.2) is 17.3 Å². The zero-order valence-corrected chi connectivity index (χ0v) is 25.8. The van der Waals surface area contributed by atoms with Crippen LogP contribution in [0.1, 0.15) is 36.0 Å². The molecule has 0 spiro atoms. The van der Waals surface area contributed by atoms with E-state index in [1.165, 1.54) is 6.07 Å². The number of aliphatic imine (C=N–C) groups is 1. The maximum Gasteiger partial charge on any atom is 0.256 e. The molecule has 0 aliphatic carbocycles. The summed E-state index contributed by atoms with van der Waals surface area (Å²) >= 11 is 0. The van der Waals surface area contributed by atoms with Crippen LogP contribution in [0.3, 0.4) is 0 Å². The minimum absolute atomic E-state index is 0.0365. The van der Waals surface area contributed by atoms with Gasteiger partial charge >= 0.3 is 0 Å². The number of nitrogens with one attached hydrogen (secondary N) is 1. The van der Waals surface area contributed by atoms with Crippen LogP contribution in [-0.2, 0) is 0 Å². The van der Waals surface area contributed by atoms with Crippen LogP contribution in [0.5, 0.6) is 11.5 Å². The van der Waals surface area contributed by atoms with E-state index in [4.69, 9.17) is 10.5 Å². The monoisotopic (exact) mass is 620 g/mol. The van der Waals surface area contributed by atoms with Gasteiger partial charge in [-0.05, 0) is 68.2 Å². The van der Waals surface area contributed by atoms with E-state index in [1.807, 2.05) is 45.9 Å². The zero-order chi connectivity index (χ0) is 31.9. The second-order valence-electron chi connectivity index (χ2n) is 12.4. The van der Waals surface area contributed by atoms with Crippen molar-refractivity contribution in [1.82, 2.24) is 14.8 Å². The molecule has 3 N–H and O–H groups in total. The molecular weight excluding hydrogens is 583 g/mol. The molecule has 236 valence electrons. The van der Waals surface area contributed by atoms with Gasteiger partial charge in [0, 0.05) is 55.9 Å². The molecule has 0 saturated carbocycles. The number of benzene rings is 3. The molecule has 3 aliphatic heterocycles. The Hall–Kier alpha value is -4.96. The summed E-state index contributed by atoms with van der Waals surface area (Å²) in [6.45, 7) is 6.11. The Bertz CT molecular complexity index is 2000. The minimum Gasteiger partial charge on any atom is -0.451 e. The Balaban J connectivity index is 1.32. The summed E-state index contributed by atoms with van der Waals surface area (Å²) in [7, 11) is 2.09. The molecule has 7 rings (SSSR count). The Morgan fingerprint density at radius 1 is 1.20 bits per heavy atom. The summed E-state index contributed by atoms with van der Waals surface area (Å²) in [5, 5.41) is 4.96. The Morgan fingerprint density at radius 2 is 2.00 bits per heavy atom. The fourth-order valence-electron chi connectivity index (χ4n) is 7.07. The van der Waals surface area contributed by atoms with Crippen LogP contribution >= 0.6 is 0 Å². The standard InChI is InChI=1S/C36H37FN6O3/c1-3-12-39-19-29(38)24-11-15-42(20-24)33-28(37)18-26-32-35(33)46-31-17-23-8-5-4-7-22(23)16-30(31)43(32)21-27(34(26)44)36(45)40-13-10-25-9-6-14-41(25)2/h3-5,7-8,12,16-19,21,24-25H,1,6,9-11,13-15,20,38H2,2H3,(H,40,45)/b29-19-,39-12-/t24?,25-/m0/s1. The van der Waals surface area contributed by atoms with Crippen molar-refractivity contribution in [2.45, 2.75) is 31.7 Å². The average molecular weight is 621 g/mol. The summed E-state index contributed by atoms with van der Waals surface area (Å²) in [6, 6.07) is 13.4. The summed E-state index contributed by atoms with van der Waals surface area (Å²) in [5.41, 5.74) is 7.72. The largest absolute Gasteiger partial charge is 0.451 e. The minimum atomic E-state index is -0.593. The number of halogens is 1. The predicted octanol–water partition coefficient (Wildman–Crippen LogP) is 5.49. The highest BCUT2D eigenvalue weighted by molar-refractivity contribution is 6.02. The number of hydrogen-bond acceptors (Lipinski definition) is 7. The average Bonchev–Trinajstić information content (AvgIpc) is 3.70. The third-order valence-corrected chi connectivity index (χ3v) is 9.54. The number of allylic oxidation sites excluding steroid dienone is 1. The zero-order valence-electron chi connectivity index (χ0n) is 25.8. The molecule has 3 aromatic carbocycles. The van der Waals surface area contributed by atoms with Gasteiger partial charge < -0.3 is 30.2 Å². The first-order chi connectivity index (χ1) is 22.3. The molecule has 0 radical (unpaired) electrons. The third kappa shape index (κ3) is 5.22. The van der Waals surface area contributed by atoms with E-state index in [0.717, 1.165) is 36.6 Å². The van der Waals surface area contributed by atoms with Crippen molar-refractivity contribution >= 4 is 39.5 Å². The van der Waals surface area contributed by atoms with Crippen molar-refractivity contribution in [2.75, 3.05) is 38.1 Å². The highest BCUT2D eigenvalue weighted by atomic mass is 19.1. The molecular formula is C36H37FN6O3. The van der Waals surface area contributed by atoms with Gasteiger partial charge in [-0.2, -0.15) is 0 Å². The third-order valence-electron chi connectivity index (χ3n) is 9.54. The lowest BCUT2D eigenvalue weighted by molar-refractivity contribution is 0.0949. The number of nitrogens with two attached hydrogens (primary N) is 1. The maximum atomic E-state index is 16.2. The highest BCUT2D eigenvalue weighted by Gasteiger charge is 2.34. The Morgan fingerprint density at radius 3 is 2.76 bits per heavy atom. The lowest BCUT2D eigenvalue weighted by Gasteiger charge is -2.29.